The molecule has 1 N–H and O–H groups in total. The van der Waals surface area contributed by atoms with E-state index in [0.29, 0.717) is 13.0 Å². The molecule has 0 bridgehead atoms. The van der Waals surface area contributed by atoms with Gasteiger partial charge < -0.3 is 10.0 Å². The van der Waals surface area contributed by atoms with Gasteiger partial charge in [-0.2, -0.15) is 13.2 Å². The van der Waals surface area contributed by atoms with Crippen molar-refractivity contribution < 1.29 is 18.3 Å². The van der Waals surface area contributed by atoms with Crippen molar-refractivity contribution >= 4 is 21.6 Å². The van der Waals surface area contributed by atoms with Gasteiger partial charge in [-0.3, -0.25) is 0 Å². The molecule has 1 aliphatic heterocycles. The second kappa shape index (κ2) is 5.71. The van der Waals surface area contributed by atoms with E-state index in [1.165, 1.54) is 0 Å². The number of alkyl halides is 3. The Kier molecular flexibility index (Phi) is 4.40. The minimum atomic E-state index is -4.13. The van der Waals surface area contributed by atoms with Crippen LogP contribution in [-0.4, -0.2) is 24.4 Å². The first kappa shape index (κ1) is 14.7. The number of hydrogen-bond acceptors (Lipinski definition) is 2. The van der Waals surface area contributed by atoms with Crippen molar-refractivity contribution in [3.05, 3.63) is 28.2 Å². The molecule has 0 saturated carbocycles. The summed E-state index contributed by atoms with van der Waals surface area (Å²) in [5.41, 5.74) is 1.49. The van der Waals surface area contributed by atoms with E-state index in [2.05, 4.69) is 15.9 Å². The molecule has 2 nitrogen and oxygen atoms in total. The molecule has 2 rings (SSSR count). The number of benzene rings is 1. The number of halogens is 4. The molecular weight excluding hydrogens is 323 g/mol. The van der Waals surface area contributed by atoms with Gasteiger partial charge in [-0.15, -0.1) is 0 Å². The minimum absolute atomic E-state index is 0.000567. The maximum absolute atomic E-state index is 12.8. The van der Waals surface area contributed by atoms with Crippen LogP contribution in [0.1, 0.15) is 18.4 Å². The van der Waals surface area contributed by atoms with E-state index < -0.39 is 12.1 Å². The van der Waals surface area contributed by atoms with Gasteiger partial charge in [-0.05, 0) is 46.5 Å². The molecule has 1 aliphatic rings. The summed E-state index contributed by atoms with van der Waals surface area (Å²) in [6.07, 6.45) is -3.39. The number of anilines is 1. The Hall–Kier alpha value is -0.750. The van der Waals surface area contributed by atoms with E-state index in [-0.39, 0.29) is 19.6 Å². The summed E-state index contributed by atoms with van der Waals surface area (Å²) in [7, 11) is 0. The first-order valence-corrected chi connectivity index (χ1v) is 6.92. The summed E-state index contributed by atoms with van der Waals surface area (Å²) in [5, 5.41) is 9.03. The van der Waals surface area contributed by atoms with Crippen molar-refractivity contribution in [3.8, 4) is 0 Å². The molecule has 0 aromatic heterocycles. The maximum Gasteiger partial charge on any atom is 0.393 e. The molecule has 0 spiro atoms. The Morgan fingerprint density at radius 2 is 2.11 bits per heavy atom. The van der Waals surface area contributed by atoms with Crippen LogP contribution in [0, 0.1) is 5.92 Å². The molecule has 0 radical (unpaired) electrons. The van der Waals surface area contributed by atoms with Crippen LogP contribution >= 0.6 is 15.9 Å². The van der Waals surface area contributed by atoms with Crippen LogP contribution in [0.4, 0.5) is 18.9 Å². The van der Waals surface area contributed by atoms with Crippen LogP contribution in [-0.2, 0) is 6.61 Å². The lowest BCUT2D eigenvalue weighted by Gasteiger charge is -2.35. The van der Waals surface area contributed by atoms with E-state index in [0.717, 1.165) is 15.7 Å². The highest BCUT2D eigenvalue weighted by Crippen LogP contribution is 2.37. The van der Waals surface area contributed by atoms with E-state index in [1.54, 1.807) is 23.1 Å². The molecule has 6 heteroatoms. The van der Waals surface area contributed by atoms with Crippen LogP contribution in [0.15, 0.2) is 22.7 Å². The normalized spacial score (nSPS) is 20.7. The van der Waals surface area contributed by atoms with Crippen molar-refractivity contribution in [2.45, 2.75) is 25.6 Å². The molecule has 1 saturated heterocycles. The quantitative estimate of drug-likeness (QED) is 0.889. The van der Waals surface area contributed by atoms with E-state index >= 15 is 0 Å². The molecule has 0 amide bonds. The average Bonchev–Trinajstić information content (AvgIpc) is 2.37. The molecule has 1 atom stereocenters. The van der Waals surface area contributed by atoms with Crippen LogP contribution in [0.5, 0.6) is 0 Å². The largest absolute Gasteiger partial charge is 0.393 e. The number of aliphatic hydroxyl groups is 1. The third-order valence-corrected chi connectivity index (χ3v) is 4.05. The summed E-state index contributed by atoms with van der Waals surface area (Å²) in [5.74, 6) is -1.26. The lowest BCUT2D eigenvalue weighted by molar-refractivity contribution is -0.175. The Morgan fingerprint density at radius 3 is 2.68 bits per heavy atom. The fourth-order valence-corrected chi connectivity index (χ4v) is 3.05. The van der Waals surface area contributed by atoms with Crippen molar-refractivity contribution in [1.29, 1.82) is 0 Å². The molecule has 19 heavy (non-hydrogen) atoms. The number of piperidine rings is 1. The fraction of sp³-hybridized carbons (Fsp3) is 0.538. The third kappa shape index (κ3) is 3.42. The van der Waals surface area contributed by atoms with E-state index in [4.69, 9.17) is 5.11 Å². The predicted molar refractivity (Wildman–Crippen MR) is 71.1 cm³/mol. The Bertz CT molecular complexity index is 450. The Morgan fingerprint density at radius 1 is 1.37 bits per heavy atom. The van der Waals surface area contributed by atoms with E-state index in [1.807, 2.05) is 0 Å². The number of rotatable bonds is 2. The topological polar surface area (TPSA) is 23.5 Å². The van der Waals surface area contributed by atoms with Crippen molar-refractivity contribution in [2.75, 3.05) is 18.0 Å². The van der Waals surface area contributed by atoms with Gasteiger partial charge in [-0.25, -0.2) is 0 Å². The lowest BCUT2D eigenvalue weighted by Crippen LogP contribution is -2.41. The van der Waals surface area contributed by atoms with Crippen LogP contribution in [0.25, 0.3) is 0 Å². The molecule has 1 fully saturated rings. The van der Waals surface area contributed by atoms with Crippen molar-refractivity contribution in [3.63, 3.8) is 0 Å². The molecule has 106 valence electrons. The standard InChI is InChI=1S/C13H15BrF3NO/c14-11-6-9(8-19)3-4-12(11)18-5-1-2-10(7-18)13(15,16)17/h3-4,6,10,19H,1-2,5,7-8H2. The molecule has 1 aromatic carbocycles. The summed E-state index contributed by atoms with van der Waals surface area (Å²) in [6.45, 7) is 0.550. The van der Waals surface area contributed by atoms with Crippen molar-refractivity contribution in [2.24, 2.45) is 5.92 Å². The molecular formula is C13H15BrF3NO. The Labute approximate surface area is 118 Å². The highest BCUT2D eigenvalue weighted by molar-refractivity contribution is 9.10. The Balaban J connectivity index is 2.17. The van der Waals surface area contributed by atoms with Crippen LogP contribution in [0.3, 0.4) is 0 Å². The zero-order valence-electron chi connectivity index (χ0n) is 10.3. The van der Waals surface area contributed by atoms with Crippen LogP contribution in [0.2, 0.25) is 0 Å². The molecule has 1 heterocycles. The predicted octanol–water partition coefficient (Wildman–Crippen LogP) is 3.72. The van der Waals surface area contributed by atoms with Gasteiger partial charge in [0.25, 0.3) is 0 Å². The zero-order valence-corrected chi connectivity index (χ0v) is 11.8. The van der Waals surface area contributed by atoms with E-state index in [9.17, 15) is 13.2 Å². The van der Waals surface area contributed by atoms with Gasteiger partial charge in [0.05, 0.1) is 18.2 Å². The minimum Gasteiger partial charge on any atom is -0.392 e. The molecule has 1 unspecified atom stereocenters. The SMILES string of the molecule is OCc1ccc(N2CCCC(C(F)(F)F)C2)c(Br)c1. The van der Waals surface area contributed by atoms with Crippen molar-refractivity contribution in [1.82, 2.24) is 0 Å². The number of nitrogens with zero attached hydrogens (tertiary/aromatic N) is 1. The highest BCUT2D eigenvalue weighted by atomic mass is 79.9. The zero-order chi connectivity index (χ0) is 14.0. The second-order valence-electron chi connectivity index (χ2n) is 4.77. The summed E-state index contributed by atoms with van der Waals surface area (Å²) >= 11 is 3.36. The fourth-order valence-electron chi connectivity index (χ4n) is 2.37. The maximum atomic E-state index is 12.8. The van der Waals surface area contributed by atoms with Crippen LogP contribution < -0.4 is 4.90 Å². The van der Waals surface area contributed by atoms with Gasteiger partial charge >= 0.3 is 6.18 Å². The highest BCUT2D eigenvalue weighted by Gasteiger charge is 2.42. The summed E-state index contributed by atoms with van der Waals surface area (Å²) in [4.78, 5) is 1.76. The third-order valence-electron chi connectivity index (χ3n) is 3.42. The van der Waals surface area contributed by atoms with Gasteiger partial charge in [0.15, 0.2) is 0 Å². The second-order valence-corrected chi connectivity index (χ2v) is 5.62. The molecule has 1 aromatic rings. The first-order chi connectivity index (χ1) is 8.91. The lowest BCUT2D eigenvalue weighted by atomic mass is 9.97. The molecule has 0 aliphatic carbocycles. The smallest absolute Gasteiger partial charge is 0.392 e. The van der Waals surface area contributed by atoms with Gasteiger partial charge in [0, 0.05) is 17.6 Å². The monoisotopic (exact) mass is 337 g/mol. The van der Waals surface area contributed by atoms with Gasteiger partial charge in [0.2, 0.25) is 0 Å². The van der Waals surface area contributed by atoms with Gasteiger partial charge in [0.1, 0.15) is 0 Å². The van der Waals surface area contributed by atoms with Gasteiger partial charge in [-0.1, -0.05) is 6.07 Å². The summed E-state index contributed by atoms with van der Waals surface area (Å²) < 4.78 is 39.1. The average molecular weight is 338 g/mol. The first-order valence-electron chi connectivity index (χ1n) is 6.12. The summed E-state index contributed by atoms with van der Waals surface area (Å²) in [6, 6.07) is 5.23. The number of aliphatic hydroxyl groups excluding tert-OH is 1. The number of hydrogen-bond donors (Lipinski definition) is 1.